The van der Waals surface area contributed by atoms with Crippen molar-refractivity contribution in [3.05, 3.63) is 24.3 Å². The van der Waals surface area contributed by atoms with E-state index in [-0.39, 0.29) is 24.5 Å². The van der Waals surface area contributed by atoms with Crippen molar-refractivity contribution in [2.45, 2.75) is 93.6 Å². The number of anilines is 1. The molecule has 1 aliphatic heterocycles. The van der Waals surface area contributed by atoms with Gasteiger partial charge in [0.15, 0.2) is 6.29 Å². The number of ether oxygens (including phenoxy) is 2. The van der Waals surface area contributed by atoms with Crippen molar-refractivity contribution in [1.29, 1.82) is 0 Å². The number of nitrogens with one attached hydrogen (secondary N) is 2. The number of benzene rings is 1. The van der Waals surface area contributed by atoms with Crippen LogP contribution >= 0.6 is 0 Å². The summed E-state index contributed by atoms with van der Waals surface area (Å²) < 4.78 is 10.5. The number of phenolic OH excluding ortho intramolecular Hbond substituents is 1. The van der Waals surface area contributed by atoms with Crippen molar-refractivity contribution in [2.24, 2.45) is 5.10 Å². The number of rotatable bonds is 17. The molecule has 16 heteroatoms. The van der Waals surface area contributed by atoms with Crippen LogP contribution in [-0.4, -0.2) is 132 Å². The van der Waals surface area contributed by atoms with E-state index in [1.165, 1.54) is 6.07 Å². The van der Waals surface area contributed by atoms with E-state index in [4.69, 9.17) is 9.47 Å². The van der Waals surface area contributed by atoms with Crippen LogP contribution in [0.4, 0.5) is 5.69 Å². The Morgan fingerprint density at radius 1 is 0.952 bits per heavy atom. The highest BCUT2D eigenvalue weighted by Crippen LogP contribution is 2.25. The molecule has 0 unspecified atom stereocenters. The monoisotopic (exact) mass is 603 g/mol. The maximum absolute atomic E-state index is 12.0. The first-order chi connectivity index (χ1) is 20.0. The summed E-state index contributed by atoms with van der Waals surface area (Å²) in [7, 11) is 0. The molecular formula is C26H41N3O13. The summed E-state index contributed by atoms with van der Waals surface area (Å²) in [6.07, 6.45) is -12.4. The molecular weight excluding hydrogens is 562 g/mol. The second-order valence-corrected chi connectivity index (χ2v) is 9.82. The number of aliphatic hydroxyl groups is 8. The molecule has 1 heterocycles. The number of phenols is 1. The van der Waals surface area contributed by atoms with Crippen molar-refractivity contribution >= 4 is 23.7 Å². The van der Waals surface area contributed by atoms with Crippen molar-refractivity contribution in [1.82, 2.24) is 5.43 Å². The Bertz CT molecular complexity index is 998. The standard InChI is InChI=1S/C26H41N3O13/c30-12-17(34)25(42-26-24(40)23(39)22(38)18(13-31)41-26)21(37)16(33)11-27-29-20(36)10-4-2-1-3-9-19(35)28-14-7-5-6-8-15(14)32/h5-8,11,16-18,21-26,30-34,37-40H,1-4,9-10,12-13H2,(H,28,35)(H,29,36)/b27-11+/t16-,17+,18+,21+,22-,23-,24+,25+,26-/m0/s1. The number of aliphatic hydroxyl groups excluding tert-OH is 8. The molecule has 9 atom stereocenters. The Morgan fingerprint density at radius 3 is 2.21 bits per heavy atom. The van der Waals surface area contributed by atoms with Crippen LogP contribution in [-0.2, 0) is 19.1 Å². The summed E-state index contributed by atoms with van der Waals surface area (Å²) in [5, 5.41) is 95.2. The Kier molecular flexibility index (Phi) is 15.2. The second-order valence-electron chi connectivity index (χ2n) is 9.82. The highest BCUT2D eigenvalue weighted by atomic mass is 16.7. The van der Waals surface area contributed by atoms with Gasteiger partial charge in [-0.15, -0.1) is 0 Å². The Hall–Kier alpha value is -2.77. The normalized spacial score (nSPS) is 25.5. The van der Waals surface area contributed by atoms with Gasteiger partial charge < -0.3 is 60.7 Å². The van der Waals surface area contributed by atoms with Crippen LogP contribution in [0.5, 0.6) is 5.75 Å². The summed E-state index contributed by atoms with van der Waals surface area (Å²) in [5.74, 6) is -0.753. The van der Waals surface area contributed by atoms with Gasteiger partial charge in [0.1, 0.15) is 54.6 Å². The first-order valence-corrected chi connectivity index (χ1v) is 13.5. The van der Waals surface area contributed by atoms with Crippen LogP contribution in [0.15, 0.2) is 29.4 Å². The molecule has 1 saturated heterocycles. The molecule has 0 aromatic heterocycles. The van der Waals surface area contributed by atoms with E-state index in [1.54, 1.807) is 18.2 Å². The molecule has 1 fully saturated rings. The van der Waals surface area contributed by atoms with E-state index in [2.05, 4.69) is 15.8 Å². The SMILES string of the molecule is O=C(CCCCCCC(=O)Nc1ccccc1O)N/N=C/[C@H](O)[C@@H](O)[C@H](O[C@@H]1O[C@H](CO)[C@H](O)[C@H](O)[C@H]1O)[C@H](O)CO. The third kappa shape index (κ3) is 10.8. The highest BCUT2D eigenvalue weighted by molar-refractivity contribution is 5.92. The molecule has 0 spiro atoms. The van der Waals surface area contributed by atoms with Gasteiger partial charge in [-0.05, 0) is 25.0 Å². The summed E-state index contributed by atoms with van der Waals surface area (Å²) in [6.45, 7) is -1.70. The number of nitrogens with zero attached hydrogens (tertiary/aromatic N) is 1. The number of amides is 2. The average molecular weight is 604 g/mol. The van der Waals surface area contributed by atoms with Gasteiger partial charge in [-0.3, -0.25) is 9.59 Å². The fourth-order valence-electron chi connectivity index (χ4n) is 4.08. The van der Waals surface area contributed by atoms with Crippen LogP contribution in [0.3, 0.4) is 0 Å². The molecule has 0 bridgehead atoms. The number of hydrogen-bond donors (Lipinski definition) is 11. The van der Waals surface area contributed by atoms with E-state index in [0.29, 0.717) is 31.4 Å². The molecule has 0 radical (unpaired) electrons. The lowest BCUT2D eigenvalue weighted by Crippen LogP contribution is -2.61. The lowest BCUT2D eigenvalue weighted by atomic mass is 9.98. The molecule has 1 aliphatic rings. The van der Waals surface area contributed by atoms with Gasteiger partial charge in [-0.25, -0.2) is 5.43 Å². The zero-order valence-electron chi connectivity index (χ0n) is 22.8. The van der Waals surface area contributed by atoms with Gasteiger partial charge in [-0.1, -0.05) is 25.0 Å². The number of hydrogen-bond acceptors (Lipinski definition) is 14. The third-order valence-corrected chi connectivity index (χ3v) is 6.54. The average Bonchev–Trinajstić information content (AvgIpc) is 2.97. The minimum atomic E-state index is -1.97. The predicted octanol–water partition coefficient (Wildman–Crippen LogP) is -2.97. The van der Waals surface area contributed by atoms with Gasteiger partial charge in [0, 0.05) is 12.8 Å². The minimum Gasteiger partial charge on any atom is -0.506 e. The predicted molar refractivity (Wildman–Crippen MR) is 145 cm³/mol. The molecule has 0 aliphatic carbocycles. The summed E-state index contributed by atoms with van der Waals surface area (Å²) in [4.78, 5) is 24.0. The van der Waals surface area contributed by atoms with Crippen LogP contribution in [0.2, 0.25) is 0 Å². The fourth-order valence-corrected chi connectivity index (χ4v) is 4.08. The van der Waals surface area contributed by atoms with Gasteiger partial charge in [0.25, 0.3) is 0 Å². The number of hydrazone groups is 1. The molecule has 11 N–H and O–H groups in total. The van der Waals surface area contributed by atoms with E-state index in [0.717, 1.165) is 6.21 Å². The highest BCUT2D eigenvalue weighted by Gasteiger charge is 2.46. The molecule has 0 saturated carbocycles. The van der Waals surface area contributed by atoms with Crippen LogP contribution in [0.25, 0.3) is 0 Å². The molecule has 42 heavy (non-hydrogen) atoms. The van der Waals surface area contributed by atoms with Crippen LogP contribution in [0.1, 0.15) is 38.5 Å². The first-order valence-electron chi connectivity index (χ1n) is 13.5. The van der Waals surface area contributed by atoms with Crippen molar-refractivity contribution in [3.63, 3.8) is 0 Å². The maximum Gasteiger partial charge on any atom is 0.240 e. The van der Waals surface area contributed by atoms with E-state index in [9.17, 15) is 55.5 Å². The van der Waals surface area contributed by atoms with Gasteiger partial charge in [-0.2, -0.15) is 5.10 Å². The second kappa shape index (κ2) is 18.0. The van der Waals surface area contributed by atoms with Crippen molar-refractivity contribution in [3.8, 4) is 5.75 Å². The lowest BCUT2D eigenvalue weighted by Gasteiger charge is -2.42. The molecule has 2 amide bonds. The molecule has 1 aromatic rings. The maximum atomic E-state index is 12.0. The van der Waals surface area contributed by atoms with Gasteiger partial charge >= 0.3 is 0 Å². The number of carbonyl (C=O) groups is 2. The topological polar surface area (TPSA) is 271 Å². The number of aromatic hydroxyl groups is 1. The number of carbonyl (C=O) groups excluding carboxylic acids is 2. The van der Waals surface area contributed by atoms with Crippen molar-refractivity contribution < 1.29 is 65.0 Å². The van der Waals surface area contributed by atoms with Crippen LogP contribution < -0.4 is 10.7 Å². The molecule has 2 rings (SSSR count). The fraction of sp³-hybridized carbons (Fsp3) is 0.654. The largest absolute Gasteiger partial charge is 0.506 e. The smallest absolute Gasteiger partial charge is 0.240 e. The quantitative estimate of drug-likeness (QED) is 0.0368. The van der Waals surface area contributed by atoms with Gasteiger partial charge in [0.2, 0.25) is 11.8 Å². The summed E-state index contributed by atoms with van der Waals surface area (Å²) in [6, 6.07) is 6.38. The van der Waals surface area contributed by atoms with Gasteiger partial charge in [0.05, 0.1) is 25.1 Å². The summed E-state index contributed by atoms with van der Waals surface area (Å²) >= 11 is 0. The Balaban J connectivity index is 1.73. The molecule has 238 valence electrons. The number of unbranched alkanes of at least 4 members (excludes halogenated alkanes) is 3. The van der Waals surface area contributed by atoms with E-state index < -0.39 is 74.2 Å². The van der Waals surface area contributed by atoms with Crippen LogP contribution in [0, 0.1) is 0 Å². The zero-order chi connectivity index (χ0) is 31.2. The summed E-state index contributed by atoms with van der Waals surface area (Å²) in [5.41, 5.74) is 2.50. The lowest BCUT2D eigenvalue weighted by molar-refractivity contribution is -0.326. The minimum absolute atomic E-state index is 0.0227. The van der Waals surface area contributed by atoms with E-state index in [1.807, 2.05) is 0 Å². The number of para-hydroxylation sites is 2. The Morgan fingerprint density at radius 2 is 1.60 bits per heavy atom. The third-order valence-electron chi connectivity index (χ3n) is 6.54. The molecule has 1 aromatic carbocycles. The first kappa shape index (κ1) is 35.4. The Labute approximate surface area is 241 Å². The zero-order valence-corrected chi connectivity index (χ0v) is 22.8. The van der Waals surface area contributed by atoms with Crippen molar-refractivity contribution in [2.75, 3.05) is 18.5 Å². The van der Waals surface area contributed by atoms with E-state index >= 15 is 0 Å². The molecule has 16 nitrogen and oxygen atoms in total.